The smallest absolute Gasteiger partial charge is 0.321 e. The monoisotopic (exact) mass is 356 g/mol. The first-order valence-corrected chi connectivity index (χ1v) is 9.56. The van der Waals surface area contributed by atoms with Gasteiger partial charge in [0.2, 0.25) is 0 Å². The first-order chi connectivity index (χ1) is 13.3. The summed E-state index contributed by atoms with van der Waals surface area (Å²) in [6.07, 6.45) is 2.17. The topological polar surface area (TPSA) is 32.3 Å². The second kappa shape index (κ2) is 8.09. The Morgan fingerprint density at radius 1 is 0.852 bits per heavy atom. The average Bonchev–Trinajstić information content (AvgIpc) is 2.75. The van der Waals surface area contributed by atoms with Crippen molar-refractivity contribution in [3.8, 4) is 11.1 Å². The summed E-state index contributed by atoms with van der Waals surface area (Å²) in [6.45, 7) is 1.58. The summed E-state index contributed by atoms with van der Waals surface area (Å²) >= 11 is 0. The van der Waals surface area contributed by atoms with Gasteiger partial charge in [0.15, 0.2) is 0 Å². The van der Waals surface area contributed by atoms with E-state index in [1.54, 1.807) is 0 Å². The van der Waals surface area contributed by atoms with Crippen molar-refractivity contribution in [1.29, 1.82) is 0 Å². The fourth-order valence-corrected chi connectivity index (χ4v) is 3.81. The molecule has 3 aromatic rings. The second-order valence-corrected chi connectivity index (χ2v) is 7.04. The van der Waals surface area contributed by atoms with Crippen molar-refractivity contribution in [2.75, 3.05) is 18.4 Å². The van der Waals surface area contributed by atoms with Crippen LogP contribution in [0.3, 0.4) is 0 Å². The number of hydrogen-bond acceptors (Lipinski definition) is 1. The lowest BCUT2D eigenvalue weighted by molar-refractivity contribution is 0.193. The van der Waals surface area contributed by atoms with Crippen molar-refractivity contribution < 1.29 is 4.79 Å². The third-order valence-electron chi connectivity index (χ3n) is 5.23. The summed E-state index contributed by atoms with van der Waals surface area (Å²) in [7, 11) is 0. The number of likely N-dealkylation sites (tertiary alicyclic amines) is 1. The average molecular weight is 356 g/mol. The standard InChI is InChI=1S/C24H24N2O/c27-24(26-17-9-14-21(18-26)19-10-3-1-4-11-19)25-23-16-8-7-15-22(23)20-12-5-2-6-13-20/h1-8,10-13,15-16,21H,9,14,17-18H2,(H,25,27). The largest absolute Gasteiger partial charge is 0.324 e. The Kier molecular flexibility index (Phi) is 5.20. The molecular weight excluding hydrogens is 332 g/mol. The molecule has 1 heterocycles. The van der Waals surface area contributed by atoms with Crippen LogP contribution in [-0.4, -0.2) is 24.0 Å². The third kappa shape index (κ3) is 4.03. The SMILES string of the molecule is O=C(Nc1ccccc1-c1ccccc1)N1CCCC(c2ccccc2)C1. The molecule has 3 nitrogen and oxygen atoms in total. The van der Waals surface area contributed by atoms with Crippen molar-refractivity contribution in [2.24, 2.45) is 0 Å². The van der Waals surface area contributed by atoms with Gasteiger partial charge in [0.1, 0.15) is 0 Å². The number of urea groups is 1. The van der Waals surface area contributed by atoms with Gasteiger partial charge in [-0.1, -0.05) is 78.9 Å². The number of rotatable bonds is 3. The molecule has 0 aromatic heterocycles. The van der Waals surface area contributed by atoms with Crippen LogP contribution in [0.5, 0.6) is 0 Å². The van der Waals surface area contributed by atoms with Gasteiger partial charge in [-0.2, -0.15) is 0 Å². The molecule has 1 fully saturated rings. The number of nitrogens with zero attached hydrogens (tertiary/aromatic N) is 1. The van der Waals surface area contributed by atoms with Crippen LogP contribution in [-0.2, 0) is 0 Å². The highest BCUT2D eigenvalue weighted by Crippen LogP contribution is 2.30. The van der Waals surface area contributed by atoms with Crippen molar-refractivity contribution in [3.05, 3.63) is 90.5 Å². The maximum absolute atomic E-state index is 12.9. The summed E-state index contributed by atoms with van der Waals surface area (Å²) < 4.78 is 0. The minimum atomic E-state index is -0.0148. The molecule has 1 aliphatic heterocycles. The highest BCUT2D eigenvalue weighted by atomic mass is 16.2. The molecule has 1 saturated heterocycles. The van der Waals surface area contributed by atoms with Gasteiger partial charge in [-0.15, -0.1) is 0 Å². The quantitative estimate of drug-likeness (QED) is 0.635. The number of carbonyl (C=O) groups excluding carboxylic acids is 1. The maximum atomic E-state index is 12.9. The summed E-state index contributed by atoms with van der Waals surface area (Å²) in [5.74, 6) is 0.412. The molecule has 0 spiro atoms. The Morgan fingerprint density at radius 3 is 2.30 bits per heavy atom. The summed E-state index contributed by atoms with van der Waals surface area (Å²) in [5, 5.41) is 3.14. The van der Waals surface area contributed by atoms with E-state index in [2.05, 4.69) is 41.7 Å². The van der Waals surface area contributed by atoms with Gasteiger partial charge in [0, 0.05) is 24.6 Å². The number of nitrogens with one attached hydrogen (secondary N) is 1. The highest BCUT2D eigenvalue weighted by molar-refractivity contribution is 5.94. The Balaban J connectivity index is 1.50. The summed E-state index contributed by atoms with van der Waals surface area (Å²) in [4.78, 5) is 14.9. The molecule has 1 atom stereocenters. The van der Waals surface area contributed by atoms with Crippen LogP contribution in [0, 0.1) is 0 Å². The lowest BCUT2D eigenvalue weighted by Gasteiger charge is -2.33. The van der Waals surface area contributed by atoms with Crippen molar-refractivity contribution in [3.63, 3.8) is 0 Å². The Labute approximate surface area is 160 Å². The fourth-order valence-electron chi connectivity index (χ4n) is 3.81. The van der Waals surface area contributed by atoms with E-state index in [1.165, 1.54) is 5.56 Å². The van der Waals surface area contributed by atoms with Crippen LogP contribution in [0.25, 0.3) is 11.1 Å². The van der Waals surface area contributed by atoms with Gasteiger partial charge >= 0.3 is 6.03 Å². The summed E-state index contributed by atoms with van der Waals surface area (Å²) in [5.41, 5.74) is 4.33. The molecule has 0 saturated carbocycles. The van der Waals surface area contributed by atoms with E-state index in [1.807, 2.05) is 53.4 Å². The number of carbonyl (C=O) groups is 1. The molecule has 4 rings (SSSR count). The molecular formula is C24H24N2O. The van der Waals surface area contributed by atoms with Gasteiger partial charge < -0.3 is 10.2 Å². The molecule has 1 aliphatic rings. The zero-order valence-corrected chi connectivity index (χ0v) is 15.3. The zero-order chi connectivity index (χ0) is 18.5. The van der Waals surface area contributed by atoms with Gasteiger partial charge in [-0.05, 0) is 30.0 Å². The number of hydrogen-bond donors (Lipinski definition) is 1. The zero-order valence-electron chi connectivity index (χ0n) is 15.3. The normalized spacial score (nSPS) is 16.7. The van der Waals surface area contributed by atoms with Crippen LogP contribution in [0.1, 0.15) is 24.3 Å². The second-order valence-electron chi connectivity index (χ2n) is 7.04. The van der Waals surface area contributed by atoms with Crippen LogP contribution in [0.2, 0.25) is 0 Å². The minimum absolute atomic E-state index is 0.0148. The number of para-hydroxylation sites is 1. The number of amides is 2. The minimum Gasteiger partial charge on any atom is -0.324 e. The summed E-state index contributed by atoms with van der Waals surface area (Å²) in [6, 6.07) is 28.7. The van der Waals surface area contributed by atoms with E-state index in [0.717, 1.165) is 42.7 Å². The van der Waals surface area contributed by atoms with Crippen LogP contribution in [0.15, 0.2) is 84.9 Å². The third-order valence-corrected chi connectivity index (χ3v) is 5.23. The van der Waals surface area contributed by atoms with Crippen LogP contribution >= 0.6 is 0 Å². The van der Waals surface area contributed by atoms with Crippen molar-refractivity contribution >= 4 is 11.7 Å². The van der Waals surface area contributed by atoms with Crippen LogP contribution < -0.4 is 5.32 Å². The van der Waals surface area contributed by atoms with E-state index in [4.69, 9.17) is 0 Å². The first-order valence-electron chi connectivity index (χ1n) is 9.56. The predicted molar refractivity (Wildman–Crippen MR) is 111 cm³/mol. The maximum Gasteiger partial charge on any atom is 0.321 e. The van der Waals surface area contributed by atoms with E-state index in [9.17, 15) is 4.79 Å². The molecule has 3 heteroatoms. The molecule has 0 radical (unpaired) electrons. The van der Waals surface area contributed by atoms with Gasteiger partial charge in [0.25, 0.3) is 0 Å². The fraction of sp³-hybridized carbons (Fsp3) is 0.208. The molecule has 3 aromatic carbocycles. The number of anilines is 1. The van der Waals surface area contributed by atoms with Crippen molar-refractivity contribution in [2.45, 2.75) is 18.8 Å². The molecule has 2 amide bonds. The van der Waals surface area contributed by atoms with Gasteiger partial charge in [-0.25, -0.2) is 4.79 Å². The Morgan fingerprint density at radius 2 is 1.52 bits per heavy atom. The van der Waals surface area contributed by atoms with E-state index in [-0.39, 0.29) is 6.03 Å². The predicted octanol–water partition coefficient (Wildman–Crippen LogP) is 5.77. The van der Waals surface area contributed by atoms with Crippen molar-refractivity contribution in [1.82, 2.24) is 4.90 Å². The number of piperidine rings is 1. The molecule has 0 aliphatic carbocycles. The molecule has 136 valence electrons. The molecule has 0 bridgehead atoms. The highest BCUT2D eigenvalue weighted by Gasteiger charge is 2.25. The first kappa shape index (κ1) is 17.3. The lowest BCUT2D eigenvalue weighted by Crippen LogP contribution is -2.41. The molecule has 1 unspecified atom stereocenters. The van der Waals surface area contributed by atoms with E-state index >= 15 is 0 Å². The van der Waals surface area contributed by atoms with Gasteiger partial charge in [-0.3, -0.25) is 0 Å². The van der Waals surface area contributed by atoms with E-state index < -0.39 is 0 Å². The molecule has 1 N–H and O–H groups in total. The lowest BCUT2D eigenvalue weighted by atomic mass is 9.91. The molecule has 27 heavy (non-hydrogen) atoms. The Hall–Kier alpha value is -3.07. The Bertz CT molecular complexity index is 893. The van der Waals surface area contributed by atoms with Crippen LogP contribution in [0.4, 0.5) is 10.5 Å². The van der Waals surface area contributed by atoms with E-state index in [0.29, 0.717) is 5.92 Å². The van der Waals surface area contributed by atoms with Gasteiger partial charge in [0.05, 0.1) is 5.69 Å². The number of benzene rings is 3.